The zero-order valence-corrected chi connectivity index (χ0v) is 20.1. The Morgan fingerprint density at radius 1 is 1.25 bits per heavy atom. The third-order valence-corrected chi connectivity index (χ3v) is 7.27. The fourth-order valence-electron chi connectivity index (χ4n) is 5.06. The normalized spacial score (nSPS) is 18.3. The molecule has 0 bridgehead atoms. The van der Waals surface area contributed by atoms with Crippen LogP contribution in [0.2, 0.25) is 5.02 Å². The summed E-state index contributed by atoms with van der Waals surface area (Å²) in [6, 6.07) is 4.18. The second kappa shape index (κ2) is 8.23. The second-order valence-corrected chi connectivity index (χ2v) is 9.77. The standard InChI is InChI=1S/C25H31ClN4O2/c1-14-12-27-25(31)24-18(6-5-11-32-13-17-7-8-17)19-9-10-20(26)22(23(19)30(14)24)21-15(2)28-29(4)16(21)3/h9-10,14,17H,5-8,11-13H2,1-4H3,(H,27,31). The summed E-state index contributed by atoms with van der Waals surface area (Å²) < 4.78 is 9.97. The van der Waals surface area contributed by atoms with Crippen LogP contribution in [0.4, 0.5) is 0 Å². The van der Waals surface area contributed by atoms with Crippen molar-refractivity contribution in [2.75, 3.05) is 19.8 Å². The SMILES string of the molecule is Cc1nn(C)c(C)c1-c1c(Cl)ccc2c(CCCOCC3CC3)c3n(c12)C(C)CNC3=O. The van der Waals surface area contributed by atoms with Crippen molar-refractivity contribution in [2.24, 2.45) is 13.0 Å². The van der Waals surface area contributed by atoms with E-state index in [0.717, 1.165) is 76.6 Å². The number of halogens is 1. The monoisotopic (exact) mass is 454 g/mol. The van der Waals surface area contributed by atoms with Crippen LogP contribution < -0.4 is 5.32 Å². The number of ether oxygens (including phenoxy) is 1. The molecule has 32 heavy (non-hydrogen) atoms. The number of rotatable bonds is 7. The summed E-state index contributed by atoms with van der Waals surface area (Å²) in [5.41, 5.74) is 6.95. The minimum absolute atomic E-state index is 0.00472. The van der Waals surface area contributed by atoms with Crippen LogP contribution in [0.5, 0.6) is 0 Å². The van der Waals surface area contributed by atoms with Gasteiger partial charge in [0.15, 0.2) is 0 Å². The van der Waals surface area contributed by atoms with Gasteiger partial charge in [0.25, 0.3) is 5.91 Å². The molecule has 3 heterocycles. The predicted molar refractivity (Wildman–Crippen MR) is 128 cm³/mol. The minimum atomic E-state index is -0.00472. The number of amides is 1. The van der Waals surface area contributed by atoms with Gasteiger partial charge in [0, 0.05) is 55.1 Å². The first-order valence-corrected chi connectivity index (χ1v) is 12.0. The number of benzene rings is 1. The van der Waals surface area contributed by atoms with Gasteiger partial charge in [-0.15, -0.1) is 0 Å². The first-order chi connectivity index (χ1) is 15.4. The largest absolute Gasteiger partial charge is 0.381 e. The molecule has 1 fully saturated rings. The van der Waals surface area contributed by atoms with Crippen LogP contribution in [0, 0.1) is 19.8 Å². The van der Waals surface area contributed by atoms with Crippen molar-refractivity contribution in [2.45, 2.75) is 52.5 Å². The summed E-state index contributed by atoms with van der Waals surface area (Å²) in [5.74, 6) is 0.760. The Hall–Kier alpha value is -2.31. The zero-order chi connectivity index (χ0) is 22.6. The maximum atomic E-state index is 13.1. The number of hydrogen-bond donors (Lipinski definition) is 1. The van der Waals surface area contributed by atoms with Gasteiger partial charge in [-0.1, -0.05) is 17.7 Å². The van der Waals surface area contributed by atoms with Crippen LogP contribution in [-0.4, -0.2) is 40.0 Å². The van der Waals surface area contributed by atoms with Crippen molar-refractivity contribution in [1.82, 2.24) is 19.7 Å². The van der Waals surface area contributed by atoms with Crippen molar-refractivity contribution in [3.8, 4) is 11.1 Å². The first kappa shape index (κ1) is 21.5. The number of aryl methyl sites for hydroxylation is 3. The molecule has 7 heteroatoms. The molecule has 1 saturated carbocycles. The lowest BCUT2D eigenvalue weighted by atomic mass is 9.98. The Morgan fingerprint density at radius 3 is 2.72 bits per heavy atom. The van der Waals surface area contributed by atoms with E-state index in [-0.39, 0.29) is 11.9 Å². The summed E-state index contributed by atoms with van der Waals surface area (Å²) in [5, 5.41) is 9.50. The molecule has 1 aromatic carbocycles. The predicted octanol–water partition coefficient (Wildman–Crippen LogP) is 4.98. The smallest absolute Gasteiger partial charge is 0.268 e. The van der Waals surface area contributed by atoms with E-state index in [4.69, 9.17) is 16.3 Å². The molecule has 5 rings (SSSR count). The molecule has 1 N–H and O–H groups in total. The van der Waals surface area contributed by atoms with E-state index in [1.54, 1.807) is 0 Å². The van der Waals surface area contributed by atoms with E-state index in [1.807, 2.05) is 24.7 Å². The number of hydrogen-bond acceptors (Lipinski definition) is 3. The van der Waals surface area contributed by atoms with Gasteiger partial charge >= 0.3 is 0 Å². The van der Waals surface area contributed by atoms with Gasteiger partial charge in [-0.2, -0.15) is 5.10 Å². The third-order valence-electron chi connectivity index (χ3n) is 6.96. The van der Waals surface area contributed by atoms with Crippen LogP contribution in [0.1, 0.15) is 59.7 Å². The maximum absolute atomic E-state index is 13.1. The molecule has 0 saturated heterocycles. The second-order valence-electron chi connectivity index (χ2n) is 9.37. The fourth-order valence-corrected chi connectivity index (χ4v) is 5.31. The van der Waals surface area contributed by atoms with Crippen molar-refractivity contribution >= 4 is 28.4 Å². The van der Waals surface area contributed by atoms with Gasteiger partial charge in [0.2, 0.25) is 0 Å². The average molecular weight is 455 g/mol. The molecular formula is C25H31ClN4O2. The van der Waals surface area contributed by atoms with E-state index in [2.05, 4.69) is 34.9 Å². The van der Waals surface area contributed by atoms with Gasteiger partial charge in [-0.05, 0) is 64.0 Å². The van der Waals surface area contributed by atoms with Gasteiger partial charge in [-0.25, -0.2) is 0 Å². The minimum Gasteiger partial charge on any atom is -0.381 e. The molecule has 1 aliphatic heterocycles. The lowest BCUT2D eigenvalue weighted by molar-refractivity contribution is 0.0917. The van der Waals surface area contributed by atoms with Crippen molar-refractivity contribution in [3.05, 3.63) is 39.8 Å². The quantitative estimate of drug-likeness (QED) is 0.512. The molecule has 170 valence electrons. The summed E-state index contributed by atoms with van der Waals surface area (Å²) in [4.78, 5) is 13.1. The molecule has 2 aliphatic rings. The van der Waals surface area contributed by atoms with Crippen LogP contribution in [0.15, 0.2) is 12.1 Å². The molecule has 2 aromatic heterocycles. The van der Waals surface area contributed by atoms with Gasteiger partial charge in [0.1, 0.15) is 5.69 Å². The highest BCUT2D eigenvalue weighted by Crippen LogP contribution is 2.43. The topological polar surface area (TPSA) is 61.1 Å². The Bertz CT molecular complexity index is 1200. The highest BCUT2D eigenvalue weighted by molar-refractivity contribution is 6.35. The molecule has 0 radical (unpaired) electrons. The summed E-state index contributed by atoms with van der Waals surface area (Å²) in [7, 11) is 1.95. The Morgan fingerprint density at radius 2 is 2.03 bits per heavy atom. The number of carbonyl (C=O) groups is 1. The highest BCUT2D eigenvalue weighted by atomic mass is 35.5. The Balaban J connectivity index is 1.65. The van der Waals surface area contributed by atoms with Gasteiger partial charge < -0.3 is 14.6 Å². The third kappa shape index (κ3) is 3.54. The average Bonchev–Trinajstić information content (AvgIpc) is 3.47. The van der Waals surface area contributed by atoms with E-state index >= 15 is 0 Å². The number of carbonyl (C=O) groups excluding carboxylic acids is 1. The van der Waals surface area contributed by atoms with E-state index < -0.39 is 0 Å². The molecule has 1 amide bonds. The molecule has 0 spiro atoms. The van der Waals surface area contributed by atoms with Crippen LogP contribution in [0.3, 0.4) is 0 Å². The van der Waals surface area contributed by atoms with E-state index in [0.29, 0.717) is 11.6 Å². The zero-order valence-electron chi connectivity index (χ0n) is 19.3. The summed E-state index contributed by atoms with van der Waals surface area (Å²) >= 11 is 6.84. The Kier molecular flexibility index (Phi) is 5.54. The first-order valence-electron chi connectivity index (χ1n) is 11.6. The molecule has 1 atom stereocenters. The number of nitrogens with zero attached hydrogens (tertiary/aromatic N) is 3. The van der Waals surface area contributed by atoms with Crippen LogP contribution in [-0.2, 0) is 18.2 Å². The lowest BCUT2D eigenvalue weighted by Gasteiger charge is -2.25. The molecular weight excluding hydrogens is 424 g/mol. The highest BCUT2D eigenvalue weighted by Gasteiger charge is 2.32. The van der Waals surface area contributed by atoms with Crippen LogP contribution in [0.25, 0.3) is 22.0 Å². The van der Waals surface area contributed by atoms with Crippen molar-refractivity contribution < 1.29 is 9.53 Å². The molecule has 1 unspecified atom stereocenters. The van der Waals surface area contributed by atoms with Crippen molar-refractivity contribution in [1.29, 1.82) is 0 Å². The molecule has 3 aromatic rings. The van der Waals surface area contributed by atoms with E-state index in [9.17, 15) is 4.79 Å². The van der Waals surface area contributed by atoms with Gasteiger partial charge in [0.05, 0.1) is 16.2 Å². The number of aromatic nitrogens is 3. The number of fused-ring (bicyclic) bond motifs is 3. The van der Waals surface area contributed by atoms with Crippen molar-refractivity contribution in [3.63, 3.8) is 0 Å². The maximum Gasteiger partial charge on any atom is 0.268 e. The lowest BCUT2D eigenvalue weighted by Crippen LogP contribution is -2.38. The molecule has 1 aliphatic carbocycles. The molecule has 6 nitrogen and oxygen atoms in total. The van der Waals surface area contributed by atoms with Gasteiger partial charge in [-0.3, -0.25) is 9.48 Å². The van der Waals surface area contributed by atoms with Crippen LogP contribution >= 0.6 is 11.6 Å². The Labute approximate surface area is 193 Å². The van der Waals surface area contributed by atoms with E-state index in [1.165, 1.54) is 12.8 Å². The fraction of sp³-hybridized carbons (Fsp3) is 0.520. The summed E-state index contributed by atoms with van der Waals surface area (Å²) in [6.07, 6.45) is 4.29. The number of nitrogens with one attached hydrogen (secondary N) is 1. The summed E-state index contributed by atoms with van der Waals surface area (Å²) in [6.45, 7) is 8.44.